The summed E-state index contributed by atoms with van der Waals surface area (Å²) in [4.78, 5) is 22.5. The van der Waals surface area contributed by atoms with Crippen LogP contribution in [0.1, 0.15) is 20.3 Å². The molecule has 0 spiro atoms. The van der Waals surface area contributed by atoms with E-state index in [0.717, 1.165) is 0 Å². The number of hydrogen-bond donors (Lipinski definition) is 1. The van der Waals surface area contributed by atoms with Gasteiger partial charge in [0.2, 0.25) is 0 Å². The molecule has 0 bridgehead atoms. The van der Waals surface area contributed by atoms with Crippen LogP contribution in [0.3, 0.4) is 0 Å². The van der Waals surface area contributed by atoms with E-state index in [1.54, 1.807) is 6.92 Å². The fourth-order valence-electron chi connectivity index (χ4n) is 1.22. The Balaban J connectivity index is 2.94. The van der Waals surface area contributed by atoms with Gasteiger partial charge in [-0.2, -0.15) is 0 Å². The lowest BCUT2D eigenvalue weighted by molar-refractivity contribution is -0.133. The van der Waals surface area contributed by atoms with Gasteiger partial charge in [0.15, 0.2) is 5.78 Å². The average molecular weight is 210 g/mol. The number of ether oxygens (including phenoxy) is 1. The number of carbonyl (C=O) groups is 2. The van der Waals surface area contributed by atoms with E-state index in [9.17, 15) is 9.59 Å². The summed E-state index contributed by atoms with van der Waals surface area (Å²) in [5, 5.41) is 8.84. The minimum atomic E-state index is -1.07. The molecule has 0 aromatic heterocycles. The van der Waals surface area contributed by atoms with E-state index in [0.29, 0.717) is 24.2 Å². The molecule has 1 saturated heterocycles. The number of epoxide rings is 1. The smallest absolute Gasteiger partial charge is 0.331 e. The molecule has 0 saturated carbocycles. The van der Waals surface area contributed by atoms with Gasteiger partial charge in [-0.25, -0.2) is 4.79 Å². The second-order valence-corrected chi connectivity index (χ2v) is 3.68. The predicted octanol–water partition coefficient (Wildman–Crippen LogP) is 1.32. The highest BCUT2D eigenvalue weighted by Crippen LogP contribution is 2.23. The summed E-state index contributed by atoms with van der Waals surface area (Å²) < 4.78 is 4.99. The van der Waals surface area contributed by atoms with Crippen LogP contribution in [0.4, 0.5) is 0 Å². The van der Waals surface area contributed by atoms with Crippen LogP contribution in [-0.2, 0) is 14.3 Å². The largest absolute Gasteiger partial charge is 0.478 e. The molecular weight excluding hydrogens is 196 g/mol. The second kappa shape index (κ2) is 4.40. The monoisotopic (exact) mass is 210 g/mol. The topological polar surface area (TPSA) is 66.9 Å². The number of hydrogen-bond acceptors (Lipinski definition) is 3. The first kappa shape index (κ1) is 11.7. The SMILES string of the molecule is C=C(C)C(=O)C(CC1CO1)=C(C)C(=O)O. The van der Waals surface area contributed by atoms with Crippen LogP contribution in [0, 0.1) is 0 Å². The third kappa shape index (κ3) is 3.02. The zero-order valence-electron chi connectivity index (χ0n) is 8.87. The van der Waals surface area contributed by atoms with Crippen molar-refractivity contribution in [3.8, 4) is 0 Å². The lowest BCUT2D eigenvalue weighted by Crippen LogP contribution is -2.12. The van der Waals surface area contributed by atoms with E-state index in [2.05, 4.69) is 6.58 Å². The first-order valence-electron chi connectivity index (χ1n) is 4.68. The van der Waals surface area contributed by atoms with Crippen molar-refractivity contribution in [2.45, 2.75) is 26.4 Å². The van der Waals surface area contributed by atoms with Gasteiger partial charge in [-0.15, -0.1) is 0 Å². The van der Waals surface area contributed by atoms with Gasteiger partial charge in [-0.1, -0.05) is 6.58 Å². The molecule has 1 atom stereocenters. The van der Waals surface area contributed by atoms with Crippen molar-refractivity contribution in [1.29, 1.82) is 0 Å². The third-order valence-corrected chi connectivity index (χ3v) is 2.27. The highest BCUT2D eigenvalue weighted by atomic mass is 16.6. The molecule has 0 aliphatic carbocycles. The normalized spacial score (nSPS) is 20.5. The zero-order chi connectivity index (χ0) is 11.6. The molecule has 0 aromatic rings. The van der Waals surface area contributed by atoms with E-state index in [4.69, 9.17) is 9.84 Å². The van der Waals surface area contributed by atoms with Crippen LogP contribution in [0.15, 0.2) is 23.3 Å². The van der Waals surface area contributed by atoms with Crippen molar-refractivity contribution in [1.82, 2.24) is 0 Å². The van der Waals surface area contributed by atoms with Crippen LogP contribution in [0.25, 0.3) is 0 Å². The van der Waals surface area contributed by atoms with Gasteiger partial charge in [0.25, 0.3) is 0 Å². The van der Waals surface area contributed by atoms with Crippen LogP contribution < -0.4 is 0 Å². The molecule has 4 heteroatoms. The van der Waals surface area contributed by atoms with Crippen molar-refractivity contribution in [3.05, 3.63) is 23.3 Å². The molecule has 0 amide bonds. The Kier molecular flexibility index (Phi) is 3.42. The molecule has 1 aliphatic heterocycles. The predicted molar refractivity (Wildman–Crippen MR) is 54.5 cm³/mol. The highest BCUT2D eigenvalue weighted by Gasteiger charge is 2.28. The fourth-order valence-corrected chi connectivity index (χ4v) is 1.22. The molecule has 0 radical (unpaired) electrons. The Labute approximate surface area is 88.2 Å². The van der Waals surface area contributed by atoms with Gasteiger partial charge >= 0.3 is 5.97 Å². The number of carbonyl (C=O) groups excluding carboxylic acids is 1. The number of allylic oxidation sites excluding steroid dienone is 1. The van der Waals surface area contributed by atoms with Gasteiger partial charge in [0.1, 0.15) is 0 Å². The lowest BCUT2D eigenvalue weighted by atomic mass is 9.96. The Morgan fingerprint density at radius 1 is 1.47 bits per heavy atom. The summed E-state index contributed by atoms with van der Waals surface area (Å²) in [6, 6.07) is 0. The number of rotatable bonds is 5. The maximum Gasteiger partial charge on any atom is 0.331 e. The summed E-state index contributed by atoms with van der Waals surface area (Å²) in [5.41, 5.74) is 0.738. The molecule has 1 N–H and O–H groups in total. The molecule has 15 heavy (non-hydrogen) atoms. The zero-order valence-corrected chi connectivity index (χ0v) is 8.87. The summed E-state index contributed by atoms with van der Waals surface area (Å²) in [6.45, 7) is 7.13. The first-order valence-corrected chi connectivity index (χ1v) is 4.68. The molecule has 1 heterocycles. The van der Waals surface area contributed by atoms with E-state index in [-0.39, 0.29) is 17.5 Å². The van der Waals surface area contributed by atoms with Crippen molar-refractivity contribution in [2.75, 3.05) is 6.61 Å². The Morgan fingerprint density at radius 3 is 2.33 bits per heavy atom. The number of ketones is 1. The third-order valence-electron chi connectivity index (χ3n) is 2.27. The number of aliphatic carboxylic acids is 1. The van der Waals surface area contributed by atoms with Crippen molar-refractivity contribution in [2.24, 2.45) is 0 Å². The first-order chi connectivity index (χ1) is 6.93. The van der Waals surface area contributed by atoms with Gasteiger partial charge in [-0.3, -0.25) is 4.79 Å². The van der Waals surface area contributed by atoms with Crippen LogP contribution in [-0.4, -0.2) is 29.6 Å². The van der Waals surface area contributed by atoms with Gasteiger partial charge < -0.3 is 9.84 Å². The molecule has 4 nitrogen and oxygen atoms in total. The van der Waals surface area contributed by atoms with Crippen molar-refractivity contribution < 1.29 is 19.4 Å². The fraction of sp³-hybridized carbons (Fsp3) is 0.455. The molecular formula is C11H14O4. The Hall–Kier alpha value is -1.42. The quantitative estimate of drug-likeness (QED) is 0.549. The van der Waals surface area contributed by atoms with Crippen molar-refractivity contribution >= 4 is 11.8 Å². The standard InChI is InChI=1S/C11H14O4/c1-6(2)10(12)9(4-8-5-15-8)7(3)11(13)14/h8H,1,4-5H2,2-3H3,(H,13,14). The molecule has 1 aliphatic rings. The maximum atomic E-state index is 11.7. The Bertz CT molecular complexity index is 348. The minimum absolute atomic E-state index is 0.00222. The van der Waals surface area contributed by atoms with E-state index >= 15 is 0 Å². The summed E-state index contributed by atoms with van der Waals surface area (Å²) in [6.07, 6.45) is 0.363. The van der Waals surface area contributed by atoms with Crippen molar-refractivity contribution in [3.63, 3.8) is 0 Å². The second-order valence-electron chi connectivity index (χ2n) is 3.68. The molecule has 1 unspecified atom stereocenters. The Morgan fingerprint density at radius 2 is 2.00 bits per heavy atom. The maximum absolute atomic E-state index is 11.7. The van der Waals surface area contributed by atoms with Gasteiger partial charge in [-0.05, 0) is 19.4 Å². The number of Topliss-reactive ketones (excluding diaryl/α,β-unsaturated/α-hetero) is 1. The lowest BCUT2D eigenvalue weighted by Gasteiger charge is -2.07. The van der Waals surface area contributed by atoms with Crippen LogP contribution in [0.2, 0.25) is 0 Å². The molecule has 1 fully saturated rings. The summed E-state index contributed by atoms with van der Waals surface area (Å²) >= 11 is 0. The summed E-state index contributed by atoms with van der Waals surface area (Å²) in [5.74, 6) is -1.36. The van der Waals surface area contributed by atoms with Crippen LogP contribution >= 0.6 is 0 Å². The van der Waals surface area contributed by atoms with Crippen LogP contribution in [0.5, 0.6) is 0 Å². The number of carboxylic acids is 1. The number of carboxylic acid groups (broad SMARTS) is 1. The van der Waals surface area contributed by atoms with Gasteiger partial charge in [0.05, 0.1) is 12.7 Å². The molecule has 0 aromatic carbocycles. The van der Waals surface area contributed by atoms with E-state index < -0.39 is 5.97 Å². The van der Waals surface area contributed by atoms with E-state index in [1.165, 1.54) is 6.92 Å². The van der Waals surface area contributed by atoms with Gasteiger partial charge in [0, 0.05) is 17.6 Å². The highest BCUT2D eigenvalue weighted by molar-refractivity contribution is 6.11. The summed E-state index contributed by atoms with van der Waals surface area (Å²) in [7, 11) is 0. The molecule has 82 valence electrons. The minimum Gasteiger partial charge on any atom is -0.478 e. The average Bonchev–Trinajstić information content (AvgIpc) is 2.95. The molecule has 1 rings (SSSR count). The van der Waals surface area contributed by atoms with E-state index in [1.807, 2.05) is 0 Å².